The molecule has 2 rings (SSSR count). The van der Waals surface area contributed by atoms with Crippen molar-refractivity contribution in [2.75, 3.05) is 5.32 Å². The maximum absolute atomic E-state index is 10.8. The van der Waals surface area contributed by atoms with Crippen LogP contribution in [0, 0.1) is 6.92 Å². The number of nitrogens with zero attached hydrogens (tertiary/aromatic N) is 2. The van der Waals surface area contributed by atoms with Gasteiger partial charge in [0.15, 0.2) is 0 Å². The number of nitrogens with one attached hydrogen (secondary N) is 1. The van der Waals surface area contributed by atoms with E-state index < -0.39 is 5.97 Å². The fourth-order valence-electron chi connectivity index (χ4n) is 1.24. The Bertz CT molecular complexity index is 570. The predicted molar refractivity (Wildman–Crippen MR) is 66.3 cm³/mol. The maximum atomic E-state index is 10.8. The summed E-state index contributed by atoms with van der Waals surface area (Å²) in [6.45, 7) is 1.79. The molecule has 7 heteroatoms. The van der Waals surface area contributed by atoms with Gasteiger partial charge in [-0.25, -0.2) is 9.78 Å². The molecule has 1 aromatic heterocycles. The van der Waals surface area contributed by atoms with Gasteiger partial charge >= 0.3 is 5.97 Å². The molecule has 0 spiro atoms. The van der Waals surface area contributed by atoms with E-state index in [1.54, 1.807) is 19.1 Å². The molecule has 2 aromatic rings. The zero-order valence-electron chi connectivity index (χ0n) is 8.77. The fraction of sp³-hybridized carbons (Fsp3) is 0.100. The Balaban J connectivity index is 2.23. The third-order valence-electron chi connectivity index (χ3n) is 1.98. The lowest BCUT2D eigenvalue weighted by atomic mass is 10.2. The van der Waals surface area contributed by atoms with Gasteiger partial charge in [-0.15, -0.1) is 0 Å². The first-order valence-corrected chi connectivity index (χ1v) is 5.81. The van der Waals surface area contributed by atoms with Crippen LogP contribution in [0.1, 0.15) is 16.2 Å². The van der Waals surface area contributed by atoms with Crippen LogP contribution in [-0.2, 0) is 0 Å². The van der Waals surface area contributed by atoms with Crippen molar-refractivity contribution in [2.24, 2.45) is 0 Å². The number of carboxylic acid groups (broad SMARTS) is 1. The minimum Gasteiger partial charge on any atom is -0.478 e. The summed E-state index contributed by atoms with van der Waals surface area (Å²) in [5.41, 5.74) is 0.752. The number of aromatic nitrogens is 2. The average Bonchev–Trinajstić information content (AvgIpc) is 2.63. The largest absolute Gasteiger partial charge is 0.478 e. The molecular weight excluding hydrogens is 262 g/mol. The average molecular weight is 270 g/mol. The number of anilines is 2. The van der Waals surface area contributed by atoms with Gasteiger partial charge < -0.3 is 10.4 Å². The van der Waals surface area contributed by atoms with Crippen molar-refractivity contribution < 1.29 is 9.90 Å². The van der Waals surface area contributed by atoms with Crippen LogP contribution < -0.4 is 5.32 Å². The molecule has 0 aliphatic heterocycles. The summed E-state index contributed by atoms with van der Waals surface area (Å²) in [5, 5.41) is 12.6. The van der Waals surface area contributed by atoms with Crippen molar-refractivity contribution in [1.29, 1.82) is 0 Å². The van der Waals surface area contributed by atoms with Crippen molar-refractivity contribution in [1.82, 2.24) is 9.36 Å². The number of hydrogen-bond acceptors (Lipinski definition) is 5. The Kier molecular flexibility index (Phi) is 3.26. The van der Waals surface area contributed by atoms with Crippen LogP contribution in [0.2, 0.25) is 5.02 Å². The van der Waals surface area contributed by atoms with Gasteiger partial charge in [-0.3, -0.25) is 0 Å². The van der Waals surface area contributed by atoms with Crippen molar-refractivity contribution in [3.05, 3.63) is 34.6 Å². The lowest BCUT2D eigenvalue weighted by Crippen LogP contribution is -1.98. The highest BCUT2D eigenvalue weighted by Crippen LogP contribution is 2.24. The third-order valence-corrected chi connectivity index (χ3v) is 3.01. The lowest BCUT2D eigenvalue weighted by molar-refractivity contribution is 0.0697. The number of halogens is 1. The van der Waals surface area contributed by atoms with Crippen molar-refractivity contribution in [2.45, 2.75) is 6.92 Å². The fourth-order valence-corrected chi connectivity index (χ4v) is 2.09. The van der Waals surface area contributed by atoms with E-state index >= 15 is 0 Å². The van der Waals surface area contributed by atoms with Crippen LogP contribution in [0.4, 0.5) is 10.8 Å². The zero-order chi connectivity index (χ0) is 12.4. The Morgan fingerprint density at radius 1 is 1.53 bits per heavy atom. The molecule has 0 atom stereocenters. The van der Waals surface area contributed by atoms with Gasteiger partial charge in [0.1, 0.15) is 5.82 Å². The van der Waals surface area contributed by atoms with E-state index in [0.29, 0.717) is 16.6 Å². The van der Waals surface area contributed by atoms with Crippen LogP contribution in [0.3, 0.4) is 0 Å². The minimum atomic E-state index is -1.05. The normalized spacial score (nSPS) is 10.2. The number of carbonyl (C=O) groups is 1. The SMILES string of the molecule is Cc1nsc(Nc2ccc(C(=O)O)c(Cl)c2)n1. The molecule has 1 aromatic carbocycles. The van der Waals surface area contributed by atoms with Crippen LogP contribution in [0.5, 0.6) is 0 Å². The van der Waals surface area contributed by atoms with Crippen LogP contribution >= 0.6 is 23.1 Å². The summed E-state index contributed by atoms with van der Waals surface area (Å²) in [4.78, 5) is 14.9. The summed E-state index contributed by atoms with van der Waals surface area (Å²) in [7, 11) is 0. The molecule has 0 bridgehead atoms. The summed E-state index contributed by atoms with van der Waals surface area (Å²) in [5.74, 6) is -0.362. The standard InChI is InChI=1S/C10H8ClN3O2S/c1-5-12-10(17-14-5)13-6-2-3-7(9(15)16)8(11)4-6/h2-4H,1H3,(H,15,16)(H,12,13,14). The Morgan fingerprint density at radius 2 is 2.29 bits per heavy atom. The summed E-state index contributed by atoms with van der Waals surface area (Å²) < 4.78 is 4.02. The molecule has 88 valence electrons. The van der Waals surface area contributed by atoms with E-state index in [1.807, 2.05) is 0 Å². The molecule has 1 heterocycles. The number of hydrogen-bond donors (Lipinski definition) is 2. The highest BCUT2D eigenvalue weighted by molar-refractivity contribution is 7.09. The Morgan fingerprint density at radius 3 is 2.82 bits per heavy atom. The lowest BCUT2D eigenvalue weighted by Gasteiger charge is -2.04. The molecule has 0 unspecified atom stereocenters. The van der Waals surface area contributed by atoms with Gasteiger partial charge in [-0.1, -0.05) is 11.6 Å². The first-order chi connectivity index (χ1) is 8.06. The van der Waals surface area contributed by atoms with E-state index in [1.165, 1.54) is 17.6 Å². The minimum absolute atomic E-state index is 0.0747. The monoisotopic (exact) mass is 269 g/mol. The first-order valence-electron chi connectivity index (χ1n) is 4.66. The van der Waals surface area contributed by atoms with Crippen LogP contribution in [-0.4, -0.2) is 20.4 Å². The number of rotatable bonds is 3. The first kappa shape index (κ1) is 11.8. The predicted octanol–water partition coefficient (Wildman–Crippen LogP) is 2.94. The molecule has 17 heavy (non-hydrogen) atoms. The maximum Gasteiger partial charge on any atom is 0.337 e. The summed E-state index contributed by atoms with van der Waals surface area (Å²) >= 11 is 7.07. The van der Waals surface area contributed by atoms with Crippen LogP contribution in [0.15, 0.2) is 18.2 Å². The molecule has 2 N–H and O–H groups in total. The second-order valence-corrected chi connectivity index (χ2v) is 4.43. The second kappa shape index (κ2) is 4.68. The van der Waals surface area contributed by atoms with Gasteiger partial charge in [0, 0.05) is 17.2 Å². The highest BCUT2D eigenvalue weighted by atomic mass is 35.5. The van der Waals surface area contributed by atoms with Crippen LogP contribution in [0.25, 0.3) is 0 Å². The second-order valence-electron chi connectivity index (χ2n) is 3.27. The molecule has 0 aliphatic carbocycles. The quantitative estimate of drug-likeness (QED) is 0.896. The Labute approximate surface area is 106 Å². The highest BCUT2D eigenvalue weighted by Gasteiger charge is 2.09. The van der Waals surface area contributed by atoms with Crippen molar-refractivity contribution >= 4 is 39.9 Å². The van der Waals surface area contributed by atoms with E-state index in [2.05, 4.69) is 14.7 Å². The van der Waals surface area contributed by atoms with E-state index in [4.69, 9.17) is 16.7 Å². The third kappa shape index (κ3) is 2.72. The molecular formula is C10H8ClN3O2S. The van der Waals surface area contributed by atoms with E-state index in [9.17, 15) is 4.79 Å². The molecule has 0 saturated carbocycles. The van der Waals surface area contributed by atoms with Gasteiger partial charge in [0.05, 0.1) is 10.6 Å². The van der Waals surface area contributed by atoms with Gasteiger partial charge in [0.25, 0.3) is 0 Å². The molecule has 0 amide bonds. The Hall–Kier alpha value is -1.66. The van der Waals surface area contributed by atoms with Gasteiger partial charge in [-0.2, -0.15) is 4.37 Å². The number of carboxylic acids is 1. The number of benzene rings is 1. The van der Waals surface area contributed by atoms with Crippen molar-refractivity contribution in [3.63, 3.8) is 0 Å². The summed E-state index contributed by atoms with van der Waals surface area (Å²) in [6, 6.07) is 4.62. The molecule has 0 aliphatic rings. The van der Waals surface area contributed by atoms with Gasteiger partial charge in [-0.05, 0) is 25.1 Å². The molecule has 5 nitrogen and oxygen atoms in total. The smallest absolute Gasteiger partial charge is 0.337 e. The number of aromatic carboxylic acids is 1. The molecule has 0 fully saturated rings. The zero-order valence-corrected chi connectivity index (χ0v) is 10.3. The topological polar surface area (TPSA) is 75.1 Å². The molecule has 0 saturated heterocycles. The van der Waals surface area contributed by atoms with Crippen molar-refractivity contribution in [3.8, 4) is 0 Å². The molecule has 0 radical (unpaired) electrons. The summed E-state index contributed by atoms with van der Waals surface area (Å²) in [6.07, 6.45) is 0. The number of aryl methyl sites for hydroxylation is 1. The van der Waals surface area contributed by atoms with E-state index in [0.717, 1.165) is 0 Å². The van der Waals surface area contributed by atoms with E-state index in [-0.39, 0.29) is 10.6 Å². The van der Waals surface area contributed by atoms with Gasteiger partial charge in [0.2, 0.25) is 5.13 Å².